The molecule has 2 aromatic rings. The van der Waals surface area contributed by atoms with E-state index in [1.54, 1.807) is 24.3 Å². The Morgan fingerprint density at radius 2 is 1.41 bits per heavy atom. The van der Waals surface area contributed by atoms with Crippen LogP contribution in [-0.2, 0) is 5.79 Å². The van der Waals surface area contributed by atoms with E-state index in [1.165, 1.54) is 0 Å². The van der Waals surface area contributed by atoms with Crippen molar-refractivity contribution in [1.82, 2.24) is 0 Å². The molecule has 2 N–H and O–H groups in total. The summed E-state index contributed by atoms with van der Waals surface area (Å²) in [6.45, 7) is 3.89. The quantitative estimate of drug-likeness (QED) is 0.775. The molecule has 0 heterocycles. The van der Waals surface area contributed by atoms with Crippen LogP contribution in [0, 0.1) is 13.8 Å². The summed E-state index contributed by atoms with van der Waals surface area (Å²) < 4.78 is 0. The van der Waals surface area contributed by atoms with Crippen LogP contribution in [0.5, 0.6) is 0 Å². The SMILES string of the molecule is Cc1ccc(C(O)(O)c2cccc(C)c2)cc1. The predicted octanol–water partition coefficient (Wildman–Crippen LogP) is 2.49. The topological polar surface area (TPSA) is 40.5 Å². The maximum atomic E-state index is 10.2. The highest BCUT2D eigenvalue weighted by Crippen LogP contribution is 2.27. The Hall–Kier alpha value is -1.64. The maximum Gasteiger partial charge on any atom is 0.217 e. The van der Waals surface area contributed by atoms with Crippen LogP contribution in [0.25, 0.3) is 0 Å². The summed E-state index contributed by atoms with van der Waals surface area (Å²) in [6, 6.07) is 14.4. The molecule has 2 heteroatoms. The van der Waals surface area contributed by atoms with Crippen LogP contribution >= 0.6 is 0 Å². The van der Waals surface area contributed by atoms with Crippen LogP contribution in [0.1, 0.15) is 22.3 Å². The van der Waals surface area contributed by atoms with Crippen molar-refractivity contribution in [2.24, 2.45) is 0 Å². The normalized spacial score (nSPS) is 11.5. The second-order valence-corrected chi connectivity index (χ2v) is 4.41. The van der Waals surface area contributed by atoms with Gasteiger partial charge >= 0.3 is 0 Å². The summed E-state index contributed by atoms with van der Waals surface area (Å²) in [6.07, 6.45) is 0. The first-order valence-corrected chi connectivity index (χ1v) is 5.59. The summed E-state index contributed by atoms with van der Waals surface area (Å²) in [5.41, 5.74) is 3.06. The van der Waals surface area contributed by atoms with E-state index >= 15 is 0 Å². The lowest BCUT2D eigenvalue weighted by Crippen LogP contribution is -2.26. The van der Waals surface area contributed by atoms with Gasteiger partial charge in [-0.15, -0.1) is 0 Å². The minimum absolute atomic E-state index is 0.480. The zero-order valence-corrected chi connectivity index (χ0v) is 10.0. The second-order valence-electron chi connectivity index (χ2n) is 4.41. The average molecular weight is 228 g/mol. The van der Waals surface area contributed by atoms with Gasteiger partial charge in [-0.05, 0) is 13.8 Å². The molecule has 0 bridgehead atoms. The van der Waals surface area contributed by atoms with Crippen molar-refractivity contribution in [2.75, 3.05) is 0 Å². The molecule has 0 aromatic heterocycles. The summed E-state index contributed by atoms with van der Waals surface area (Å²) in [7, 11) is 0. The van der Waals surface area contributed by atoms with Gasteiger partial charge in [0.1, 0.15) is 0 Å². The summed E-state index contributed by atoms with van der Waals surface area (Å²) in [5.74, 6) is -1.93. The van der Waals surface area contributed by atoms with Crippen LogP contribution < -0.4 is 0 Å². The van der Waals surface area contributed by atoms with E-state index in [-0.39, 0.29) is 0 Å². The molecule has 0 fully saturated rings. The first kappa shape index (κ1) is 11.8. The van der Waals surface area contributed by atoms with Gasteiger partial charge in [-0.1, -0.05) is 59.7 Å². The highest BCUT2D eigenvalue weighted by atomic mass is 16.5. The number of aliphatic hydroxyl groups is 2. The highest BCUT2D eigenvalue weighted by molar-refractivity contribution is 5.35. The predicted molar refractivity (Wildman–Crippen MR) is 67.6 cm³/mol. The zero-order valence-electron chi connectivity index (χ0n) is 10.0. The first-order valence-electron chi connectivity index (χ1n) is 5.59. The molecule has 0 atom stereocenters. The van der Waals surface area contributed by atoms with Crippen molar-refractivity contribution in [2.45, 2.75) is 19.6 Å². The van der Waals surface area contributed by atoms with E-state index in [0.29, 0.717) is 11.1 Å². The van der Waals surface area contributed by atoms with Crippen molar-refractivity contribution in [3.05, 3.63) is 70.8 Å². The molecule has 0 aliphatic heterocycles. The molecule has 2 rings (SSSR count). The Morgan fingerprint density at radius 1 is 0.765 bits per heavy atom. The third-order valence-corrected chi connectivity index (χ3v) is 2.87. The standard InChI is InChI=1S/C15H16O2/c1-11-6-8-13(9-7-11)15(16,17)14-5-3-4-12(2)10-14/h3-10,16-17H,1-2H3. The van der Waals surface area contributed by atoms with Crippen LogP contribution in [0.3, 0.4) is 0 Å². The Labute approximate surface area is 101 Å². The van der Waals surface area contributed by atoms with E-state index < -0.39 is 5.79 Å². The molecule has 2 aromatic carbocycles. The lowest BCUT2D eigenvalue weighted by atomic mass is 9.96. The average Bonchev–Trinajstić information content (AvgIpc) is 2.29. The van der Waals surface area contributed by atoms with Gasteiger partial charge in [0.25, 0.3) is 0 Å². The van der Waals surface area contributed by atoms with Gasteiger partial charge in [0.15, 0.2) is 0 Å². The van der Waals surface area contributed by atoms with Gasteiger partial charge in [0, 0.05) is 11.1 Å². The van der Waals surface area contributed by atoms with Gasteiger partial charge in [-0.25, -0.2) is 0 Å². The fourth-order valence-corrected chi connectivity index (χ4v) is 1.81. The highest BCUT2D eigenvalue weighted by Gasteiger charge is 2.28. The lowest BCUT2D eigenvalue weighted by molar-refractivity contribution is -0.132. The van der Waals surface area contributed by atoms with Gasteiger partial charge in [-0.2, -0.15) is 0 Å². The molecule has 0 spiro atoms. The Bertz CT molecular complexity index is 513. The second kappa shape index (κ2) is 4.32. The summed E-state index contributed by atoms with van der Waals surface area (Å²) in [5, 5.41) is 20.5. The Morgan fingerprint density at radius 3 is 2.00 bits per heavy atom. The van der Waals surface area contributed by atoms with Crippen LogP contribution in [0.2, 0.25) is 0 Å². The number of benzene rings is 2. The van der Waals surface area contributed by atoms with Crippen LogP contribution in [0.4, 0.5) is 0 Å². The molecule has 0 radical (unpaired) electrons. The van der Waals surface area contributed by atoms with Crippen molar-refractivity contribution in [3.8, 4) is 0 Å². The van der Waals surface area contributed by atoms with Gasteiger partial charge in [-0.3, -0.25) is 0 Å². The van der Waals surface area contributed by atoms with Crippen molar-refractivity contribution < 1.29 is 10.2 Å². The molecule has 0 aliphatic carbocycles. The zero-order chi connectivity index (χ0) is 12.5. The van der Waals surface area contributed by atoms with E-state index in [1.807, 2.05) is 38.1 Å². The van der Waals surface area contributed by atoms with E-state index in [4.69, 9.17) is 0 Å². The van der Waals surface area contributed by atoms with Gasteiger partial charge < -0.3 is 10.2 Å². The van der Waals surface area contributed by atoms with Crippen molar-refractivity contribution in [1.29, 1.82) is 0 Å². The minimum Gasteiger partial charge on any atom is -0.358 e. The molecule has 0 unspecified atom stereocenters. The third-order valence-electron chi connectivity index (χ3n) is 2.87. The fraction of sp³-hybridized carbons (Fsp3) is 0.200. The molecule has 0 amide bonds. The molecule has 88 valence electrons. The molecule has 0 saturated heterocycles. The van der Waals surface area contributed by atoms with Crippen molar-refractivity contribution >= 4 is 0 Å². The van der Waals surface area contributed by atoms with Crippen molar-refractivity contribution in [3.63, 3.8) is 0 Å². The molecule has 0 aliphatic rings. The Kier molecular flexibility index (Phi) is 3.01. The molecule has 2 nitrogen and oxygen atoms in total. The van der Waals surface area contributed by atoms with Crippen LogP contribution in [-0.4, -0.2) is 10.2 Å². The minimum atomic E-state index is -1.93. The summed E-state index contributed by atoms with van der Waals surface area (Å²) in [4.78, 5) is 0. The number of hydrogen-bond donors (Lipinski definition) is 2. The largest absolute Gasteiger partial charge is 0.358 e. The maximum absolute atomic E-state index is 10.2. The van der Waals surface area contributed by atoms with E-state index in [0.717, 1.165) is 11.1 Å². The first-order chi connectivity index (χ1) is 8.00. The summed E-state index contributed by atoms with van der Waals surface area (Å²) >= 11 is 0. The van der Waals surface area contributed by atoms with Gasteiger partial charge in [0.05, 0.1) is 0 Å². The fourth-order valence-electron chi connectivity index (χ4n) is 1.81. The van der Waals surface area contributed by atoms with Gasteiger partial charge in [0.2, 0.25) is 5.79 Å². The smallest absolute Gasteiger partial charge is 0.217 e. The van der Waals surface area contributed by atoms with E-state index in [9.17, 15) is 10.2 Å². The molecular formula is C15H16O2. The molecule has 0 saturated carbocycles. The van der Waals surface area contributed by atoms with E-state index in [2.05, 4.69) is 0 Å². The van der Waals surface area contributed by atoms with Crippen LogP contribution in [0.15, 0.2) is 48.5 Å². The lowest BCUT2D eigenvalue weighted by Gasteiger charge is -2.23. The Balaban J connectivity index is 2.45. The third kappa shape index (κ3) is 2.38. The number of rotatable bonds is 2. The molecule has 17 heavy (non-hydrogen) atoms. The number of aryl methyl sites for hydroxylation is 2. The number of hydrogen-bond acceptors (Lipinski definition) is 2. The molecular weight excluding hydrogens is 212 g/mol. The monoisotopic (exact) mass is 228 g/mol.